The van der Waals surface area contributed by atoms with Gasteiger partial charge < -0.3 is 15.4 Å². The summed E-state index contributed by atoms with van der Waals surface area (Å²) in [6, 6.07) is 17.8. The van der Waals surface area contributed by atoms with E-state index in [0.717, 1.165) is 11.1 Å². The summed E-state index contributed by atoms with van der Waals surface area (Å²) >= 11 is 0. The lowest BCUT2D eigenvalue weighted by molar-refractivity contribution is -0.128. The molecule has 1 unspecified atom stereocenters. The highest BCUT2D eigenvalue weighted by Crippen LogP contribution is 2.15. The number of carbonyl (C=O) groups excluding carboxylic acids is 2. The Hall–Kier alpha value is -3.74. The van der Waals surface area contributed by atoms with Crippen molar-refractivity contribution in [1.29, 1.82) is 0 Å². The Kier molecular flexibility index (Phi) is 7.10. The lowest BCUT2D eigenvalue weighted by atomic mass is 10.1. The summed E-state index contributed by atoms with van der Waals surface area (Å²) in [5.41, 5.74) is 2.07. The van der Waals surface area contributed by atoms with Crippen LogP contribution in [0.4, 0.5) is 4.39 Å². The molecule has 2 amide bonds. The number of aromatic nitrogens is 1. The fourth-order valence-corrected chi connectivity index (χ4v) is 2.81. The number of hydrogen-bond acceptors (Lipinski definition) is 4. The number of ether oxygens (including phenoxy) is 1. The molecule has 30 heavy (non-hydrogen) atoms. The molecule has 1 aromatic heterocycles. The number of pyridine rings is 1. The Morgan fingerprint density at radius 2 is 1.83 bits per heavy atom. The Morgan fingerprint density at radius 1 is 1.03 bits per heavy atom. The summed E-state index contributed by atoms with van der Waals surface area (Å²) in [5, 5.41) is 5.43. The van der Waals surface area contributed by atoms with Gasteiger partial charge in [-0.1, -0.05) is 30.3 Å². The predicted molar refractivity (Wildman–Crippen MR) is 110 cm³/mol. The molecule has 2 N–H and O–H groups in total. The van der Waals surface area contributed by atoms with Crippen LogP contribution in [0.1, 0.15) is 29.8 Å². The molecule has 154 valence electrons. The number of nitrogens with zero attached hydrogens (tertiary/aromatic N) is 1. The molecule has 0 spiro atoms. The highest BCUT2D eigenvalue weighted by molar-refractivity contribution is 5.87. The van der Waals surface area contributed by atoms with Crippen LogP contribution >= 0.6 is 0 Å². The van der Waals surface area contributed by atoms with Crippen LogP contribution in [-0.4, -0.2) is 16.8 Å². The van der Waals surface area contributed by atoms with Gasteiger partial charge in [0.25, 0.3) is 0 Å². The number of carbonyl (C=O) groups is 2. The summed E-state index contributed by atoms with van der Waals surface area (Å²) < 4.78 is 18.9. The summed E-state index contributed by atoms with van der Waals surface area (Å²) in [4.78, 5) is 28.2. The van der Waals surface area contributed by atoms with Gasteiger partial charge in [-0.15, -0.1) is 0 Å². The second kappa shape index (κ2) is 10.2. The van der Waals surface area contributed by atoms with Crippen molar-refractivity contribution in [3.05, 3.63) is 95.6 Å². The fourth-order valence-electron chi connectivity index (χ4n) is 2.81. The van der Waals surface area contributed by atoms with Gasteiger partial charge in [0.15, 0.2) is 6.04 Å². The quantitative estimate of drug-likeness (QED) is 0.601. The zero-order chi connectivity index (χ0) is 21.3. The molecular weight excluding hydrogens is 385 g/mol. The molecule has 1 atom stereocenters. The van der Waals surface area contributed by atoms with Gasteiger partial charge in [-0.3, -0.25) is 14.6 Å². The van der Waals surface area contributed by atoms with Crippen LogP contribution in [0.3, 0.4) is 0 Å². The van der Waals surface area contributed by atoms with Gasteiger partial charge in [0, 0.05) is 19.7 Å². The van der Waals surface area contributed by atoms with Crippen LogP contribution in [0.15, 0.2) is 72.9 Å². The zero-order valence-electron chi connectivity index (χ0n) is 16.5. The van der Waals surface area contributed by atoms with Crippen molar-refractivity contribution in [1.82, 2.24) is 15.6 Å². The number of benzene rings is 2. The summed E-state index contributed by atoms with van der Waals surface area (Å²) in [6.07, 6.45) is 1.57. The zero-order valence-corrected chi connectivity index (χ0v) is 16.5. The number of rotatable bonds is 8. The van der Waals surface area contributed by atoms with Gasteiger partial charge in [-0.25, -0.2) is 4.39 Å². The van der Waals surface area contributed by atoms with E-state index in [1.54, 1.807) is 48.7 Å². The van der Waals surface area contributed by atoms with E-state index in [2.05, 4.69) is 15.6 Å². The molecule has 6 nitrogen and oxygen atoms in total. The monoisotopic (exact) mass is 407 g/mol. The SMILES string of the molecule is CC(=O)NC(C(=O)NCc1ccc(OCc2cccc(F)c2)cc1)c1ccccn1. The van der Waals surface area contributed by atoms with Crippen molar-refractivity contribution in [2.75, 3.05) is 0 Å². The summed E-state index contributed by atoms with van der Waals surface area (Å²) in [7, 11) is 0. The Bertz CT molecular complexity index is 994. The van der Waals surface area contributed by atoms with Gasteiger partial charge in [0.2, 0.25) is 11.8 Å². The maximum Gasteiger partial charge on any atom is 0.249 e. The minimum absolute atomic E-state index is 0.260. The predicted octanol–water partition coefficient (Wildman–Crippen LogP) is 3.29. The standard InChI is InChI=1S/C23H22FN3O3/c1-16(28)27-22(21-7-2-3-12-25-21)23(29)26-14-17-8-10-20(11-9-17)30-15-18-5-4-6-19(24)13-18/h2-13,22H,14-15H2,1H3,(H,26,29)(H,27,28). The third-order valence-electron chi connectivity index (χ3n) is 4.28. The average molecular weight is 407 g/mol. The van der Waals surface area contributed by atoms with E-state index in [1.165, 1.54) is 19.1 Å². The van der Waals surface area contributed by atoms with Crippen molar-refractivity contribution in [2.24, 2.45) is 0 Å². The lowest BCUT2D eigenvalue weighted by Gasteiger charge is -2.17. The molecular formula is C23H22FN3O3. The average Bonchev–Trinajstić information content (AvgIpc) is 2.75. The molecule has 0 saturated carbocycles. The number of hydrogen-bond donors (Lipinski definition) is 2. The van der Waals surface area contributed by atoms with Gasteiger partial charge >= 0.3 is 0 Å². The van der Waals surface area contributed by atoms with E-state index in [-0.39, 0.29) is 30.8 Å². The molecule has 0 aliphatic carbocycles. The third kappa shape index (κ3) is 6.13. The van der Waals surface area contributed by atoms with E-state index >= 15 is 0 Å². The van der Waals surface area contributed by atoms with E-state index in [0.29, 0.717) is 11.4 Å². The molecule has 0 aliphatic heterocycles. The van der Waals surface area contributed by atoms with Crippen molar-refractivity contribution < 1.29 is 18.7 Å². The number of nitrogens with one attached hydrogen (secondary N) is 2. The van der Waals surface area contributed by atoms with Gasteiger partial charge in [-0.2, -0.15) is 0 Å². The van der Waals surface area contributed by atoms with E-state index in [9.17, 15) is 14.0 Å². The molecule has 0 bridgehead atoms. The molecule has 2 aromatic carbocycles. The first-order valence-corrected chi connectivity index (χ1v) is 9.43. The molecule has 3 aromatic rings. The van der Waals surface area contributed by atoms with Crippen LogP contribution < -0.4 is 15.4 Å². The second-order valence-corrected chi connectivity index (χ2v) is 6.67. The minimum atomic E-state index is -0.863. The maximum atomic E-state index is 13.2. The first kappa shape index (κ1) is 21.0. The van der Waals surface area contributed by atoms with Crippen LogP contribution in [0.5, 0.6) is 5.75 Å². The summed E-state index contributed by atoms with van der Waals surface area (Å²) in [6.45, 7) is 1.90. The smallest absolute Gasteiger partial charge is 0.249 e. The molecule has 0 radical (unpaired) electrons. The number of halogens is 1. The Balaban J connectivity index is 1.55. The fraction of sp³-hybridized carbons (Fsp3) is 0.174. The van der Waals surface area contributed by atoms with Crippen molar-refractivity contribution in [3.8, 4) is 5.75 Å². The van der Waals surface area contributed by atoms with Crippen molar-refractivity contribution >= 4 is 11.8 Å². The van der Waals surface area contributed by atoms with Gasteiger partial charge in [-0.05, 0) is 47.5 Å². The first-order valence-electron chi connectivity index (χ1n) is 9.43. The van der Waals surface area contributed by atoms with E-state index in [1.807, 2.05) is 12.1 Å². The Labute approximate surface area is 174 Å². The van der Waals surface area contributed by atoms with Gasteiger partial charge in [0.1, 0.15) is 18.2 Å². The molecule has 0 saturated heterocycles. The third-order valence-corrected chi connectivity index (χ3v) is 4.28. The van der Waals surface area contributed by atoms with Crippen molar-refractivity contribution in [2.45, 2.75) is 26.1 Å². The van der Waals surface area contributed by atoms with Crippen LogP contribution in [0, 0.1) is 5.82 Å². The van der Waals surface area contributed by atoms with Crippen LogP contribution in [0.25, 0.3) is 0 Å². The molecule has 1 heterocycles. The highest BCUT2D eigenvalue weighted by atomic mass is 19.1. The lowest BCUT2D eigenvalue weighted by Crippen LogP contribution is -2.39. The first-order chi connectivity index (χ1) is 14.5. The van der Waals surface area contributed by atoms with E-state index in [4.69, 9.17) is 4.74 Å². The van der Waals surface area contributed by atoms with Gasteiger partial charge in [0.05, 0.1) is 5.69 Å². The van der Waals surface area contributed by atoms with Crippen LogP contribution in [-0.2, 0) is 22.7 Å². The molecule has 0 fully saturated rings. The molecule has 7 heteroatoms. The minimum Gasteiger partial charge on any atom is -0.489 e. The highest BCUT2D eigenvalue weighted by Gasteiger charge is 2.22. The number of amides is 2. The largest absolute Gasteiger partial charge is 0.489 e. The second-order valence-electron chi connectivity index (χ2n) is 6.67. The summed E-state index contributed by atoms with van der Waals surface area (Å²) in [5.74, 6) is -0.333. The normalized spacial score (nSPS) is 11.4. The van der Waals surface area contributed by atoms with Crippen LogP contribution in [0.2, 0.25) is 0 Å². The van der Waals surface area contributed by atoms with E-state index < -0.39 is 6.04 Å². The topological polar surface area (TPSA) is 80.3 Å². The van der Waals surface area contributed by atoms with Crippen molar-refractivity contribution in [3.63, 3.8) is 0 Å². The Morgan fingerprint density at radius 3 is 2.50 bits per heavy atom. The molecule has 0 aliphatic rings. The maximum absolute atomic E-state index is 13.2. The molecule has 3 rings (SSSR count).